The van der Waals surface area contributed by atoms with E-state index < -0.39 is 0 Å². The third-order valence-corrected chi connectivity index (χ3v) is 4.32. The summed E-state index contributed by atoms with van der Waals surface area (Å²) in [7, 11) is 0. The monoisotopic (exact) mass is 310 g/mol. The highest BCUT2D eigenvalue weighted by molar-refractivity contribution is 6.31. The van der Waals surface area contributed by atoms with E-state index in [4.69, 9.17) is 22.1 Å². The summed E-state index contributed by atoms with van der Waals surface area (Å²) < 4.78 is 5.80. The van der Waals surface area contributed by atoms with Gasteiger partial charge >= 0.3 is 0 Å². The maximum absolute atomic E-state index is 12.0. The third-order valence-electron chi connectivity index (χ3n) is 4.08. The number of nitrogens with two attached hydrogens (primary N) is 1. The van der Waals surface area contributed by atoms with Gasteiger partial charge in [0.25, 0.3) is 0 Å². The molecule has 0 aromatic heterocycles. The Morgan fingerprint density at radius 3 is 2.95 bits per heavy atom. The number of halogens is 1. The van der Waals surface area contributed by atoms with Gasteiger partial charge in [-0.05, 0) is 37.0 Å². The second-order valence-electron chi connectivity index (χ2n) is 5.58. The first kappa shape index (κ1) is 16.1. The van der Waals surface area contributed by atoms with E-state index in [1.807, 2.05) is 0 Å². The zero-order valence-electron chi connectivity index (χ0n) is 12.4. The summed E-state index contributed by atoms with van der Waals surface area (Å²) in [5.74, 6) is 0.382. The Labute approximate surface area is 131 Å². The fourth-order valence-corrected chi connectivity index (χ4v) is 3.04. The van der Waals surface area contributed by atoms with Crippen LogP contribution in [0, 0.1) is 5.92 Å². The summed E-state index contributed by atoms with van der Waals surface area (Å²) in [5, 5.41) is 3.29. The topological polar surface area (TPSA) is 64.3 Å². The Morgan fingerprint density at radius 1 is 1.43 bits per heavy atom. The van der Waals surface area contributed by atoms with E-state index in [0.717, 1.165) is 12.8 Å². The number of nitrogens with one attached hydrogen (secondary N) is 1. The first-order valence-corrected chi connectivity index (χ1v) is 7.94. The molecule has 4 nitrogen and oxygen atoms in total. The molecule has 1 fully saturated rings. The van der Waals surface area contributed by atoms with Crippen molar-refractivity contribution in [2.45, 2.75) is 45.1 Å². The highest BCUT2D eigenvalue weighted by Gasteiger charge is 2.24. The van der Waals surface area contributed by atoms with Crippen LogP contribution in [0.1, 0.15) is 39.0 Å². The van der Waals surface area contributed by atoms with Gasteiger partial charge in [0, 0.05) is 5.02 Å². The van der Waals surface area contributed by atoms with Crippen molar-refractivity contribution in [1.29, 1.82) is 0 Å². The number of carbonyl (C=O) groups excluding carboxylic acids is 1. The van der Waals surface area contributed by atoms with Gasteiger partial charge in [0.2, 0.25) is 5.91 Å². The van der Waals surface area contributed by atoms with Crippen LogP contribution in [0.25, 0.3) is 0 Å². The molecule has 1 aliphatic carbocycles. The van der Waals surface area contributed by atoms with Gasteiger partial charge in [-0.2, -0.15) is 0 Å². The average Bonchev–Trinajstić information content (AvgIpc) is 2.49. The van der Waals surface area contributed by atoms with Crippen molar-refractivity contribution >= 4 is 28.9 Å². The number of hydrogen-bond acceptors (Lipinski definition) is 3. The minimum Gasteiger partial charge on any atom is -0.397 e. The molecule has 1 aromatic rings. The van der Waals surface area contributed by atoms with E-state index in [1.54, 1.807) is 18.2 Å². The molecule has 0 bridgehead atoms. The molecule has 2 rings (SSSR count). The van der Waals surface area contributed by atoms with Crippen LogP contribution in [0.5, 0.6) is 0 Å². The lowest BCUT2D eigenvalue weighted by molar-refractivity contribution is -0.124. The number of amides is 1. The van der Waals surface area contributed by atoms with Gasteiger partial charge in [-0.1, -0.05) is 37.8 Å². The molecule has 116 valence electrons. The molecule has 2 unspecified atom stereocenters. The lowest BCUT2D eigenvalue weighted by Gasteiger charge is -2.30. The van der Waals surface area contributed by atoms with Gasteiger partial charge in [0.1, 0.15) is 6.61 Å². The van der Waals surface area contributed by atoms with E-state index in [9.17, 15) is 4.79 Å². The van der Waals surface area contributed by atoms with E-state index in [1.165, 1.54) is 19.3 Å². The fraction of sp³-hybridized carbons (Fsp3) is 0.562. The smallest absolute Gasteiger partial charge is 0.250 e. The van der Waals surface area contributed by atoms with Crippen molar-refractivity contribution in [1.82, 2.24) is 0 Å². The first-order valence-electron chi connectivity index (χ1n) is 7.56. The summed E-state index contributed by atoms with van der Waals surface area (Å²) in [6, 6.07) is 5.01. The molecule has 1 amide bonds. The van der Waals surface area contributed by atoms with Crippen LogP contribution in [-0.2, 0) is 9.53 Å². The number of nitrogen functional groups attached to an aromatic ring is 1. The highest BCUT2D eigenvalue weighted by atomic mass is 35.5. The molecule has 0 aliphatic heterocycles. The summed E-state index contributed by atoms with van der Waals surface area (Å²) in [5.41, 5.74) is 6.84. The van der Waals surface area contributed by atoms with E-state index in [-0.39, 0.29) is 18.6 Å². The normalized spacial score (nSPS) is 22.0. The van der Waals surface area contributed by atoms with Gasteiger partial charge in [-0.25, -0.2) is 0 Å². The highest BCUT2D eigenvalue weighted by Crippen LogP contribution is 2.29. The minimum absolute atomic E-state index is 0.0626. The second kappa shape index (κ2) is 7.66. The lowest BCUT2D eigenvalue weighted by atomic mass is 9.85. The summed E-state index contributed by atoms with van der Waals surface area (Å²) >= 11 is 5.90. The molecule has 1 aromatic carbocycles. The molecule has 5 heteroatoms. The lowest BCUT2D eigenvalue weighted by Crippen LogP contribution is -2.31. The van der Waals surface area contributed by atoms with Crippen molar-refractivity contribution in [2.75, 3.05) is 17.7 Å². The summed E-state index contributed by atoms with van der Waals surface area (Å²) in [6.45, 7) is 2.24. The van der Waals surface area contributed by atoms with Crippen LogP contribution in [0.3, 0.4) is 0 Å². The van der Waals surface area contributed by atoms with Crippen LogP contribution in [0.2, 0.25) is 5.02 Å². The van der Waals surface area contributed by atoms with Crippen molar-refractivity contribution in [3.63, 3.8) is 0 Å². The summed E-state index contributed by atoms with van der Waals surface area (Å²) in [4.78, 5) is 12.0. The van der Waals surface area contributed by atoms with Crippen molar-refractivity contribution in [3.8, 4) is 0 Å². The van der Waals surface area contributed by atoms with E-state index in [0.29, 0.717) is 22.3 Å². The van der Waals surface area contributed by atoms with Gasteiger partial charge in [0.05, 0.1) is 17.5 Å². The molecule has 1 saturated carbocycles. The zero-order valence-corrected chi connectivity index (χ0v) is 13.2. The third kappa shape index (κ3) is 4.61. The molecular weight excluding hydrogens is 288 g/mol. The van der Waals surface area contributed by atoms with E-state index in [2.05, 4.69) is 12.2 Å². The van der Waals surface area contributed by atoms with Crippen LogP contribution in [-0.4, -0.2) is 18.6 Å². The maximum atomic E-state index is 12.0. The van der Waals surface area contributed by atoms with Crippen molar-refractivity contribution in [2.24, 2.45) is 5.92 Å². The number of anilines is 2. The number of rotatable bonds is 5. The maximum Gasteiger partial charge on any atom is 0.250 e. The molecule has 3 N–H and O–H groups in total. The molecule has 21 heavy (non-hydrogen) atoms. The van der Waals surface area contributed by atoms with Crippen LogP contribution < -0.4 is 11.1 Å². The quantitative estimate of drug-likeness (QED) is 0.812. The number of benzene rings is 1. The Bertz CT molecular complexity index is 493. The summed E-state index contributed by atoms with van der Waals surface area (Å²) in [6.07, 6.45) is 6.00. The van der Waals surface area contributed by atoms with Gasteiger partial charge in [-0.15, -0.1) is 0 Å². The van der Waals surface area contributed by atoms with Crippen LogP contribution >= 0.6 is 11.6 Å². The average molecular weight is 311 g/mol. The van der Waals surface area contributed by atoms with Gasteiger partial charge in [-0.3, -0.25) is 4.79 Å². The standard InChI is InChI=1S/C16H23ClN2O2/c1-2-11-5-3-4-6-15(11)21-10-16(20)19-14-9-12(17)7-8-13(14)18/h7-9,11,15H,2-6,10,18H2,1H3,(H,19,20). The first-order chi connectivity index (χ1) is 10.1. The molecule has 0 saturated heterocycles. The Kier molecular flexibility index (Phi) is 5.88. The zero-order chi connectivity index (χ0) is 15.2. The minimum atomic E-state index is -0.190. The largest absolute Gasteiger partial charge is 0.397 e. The fourth-order valence-electron chi connectivity index (χ4n) is 2.87. The molecule has 2 atom stereocenters. The Hall–Kier alpha value is -1.26. The van der Waals surface area contributed by atoms with Crippen LogP contribution in [0.4, 0.5) is 11.4 Å². The second-order valence-corrected chi connectivity index (χ2v) is 6.02. The van der Waals surface area contributed by atoms with Gasteiger partial charge < -0.3 is 15.8 Å². The van der Waals surface area contributed by atoms with Crippen molar-refractivity contribution < 1.29 is 9.53 Å². The molecular formula is C16H23ClN2O2. The van der Waals surface area contributed by atoms with Gasteiger partial charge in [0.15, 0.2) is 0 Å². The van der Waals surface area contributed by atoms with Crippen molar-refractivity contribution in [3.05, 3.63) is 23.2 Å². The molecule has 1 aliphatic rings. The predicted molar refractivity (Wildman–Crippen MR) is 86.5 cm³/mol. The SMILES string of the molecule is CCC1CCCCC1OCC(=O)Nc1cc(Cl)ccc1N. The van der Waals surface area contributed by atoms with E-state index >= 15 is 0 Å². The number of carbonyl (C=O) groups is 1. The van der Waals surface area contributed by atoms with Crippen LogP contribution in [0.15, 0.2) is 18.2 Å². The Balaban J connectivity index is 1.85. The Morgan fingerprint density at radius 2 is 2.19 bits per heavy atom. The molecule has 0 heterocycles. The predicted octanol–water partition coefficient (Wildman–Crippen LogP) is 3.85. The number of ether oxygens (including phenoxy) is 1. The number of hydrogen-bond donors (Lipinski definition) is 2. The molecule has 0 radical (unpaired) electrons. The molecule has 0 spiro atoms.